The number of benzene rings is 10. The van der Waals surface area contributed by atoms with E-state index in [4.69, 9.17) is 4.74 Å². The first-order valence-corrected chi connectivity index (χ1v) is 21.9. The standard InChI is InChI=1S/C61H42N2O/c1-4-17-43(18-5-1)44-31-36-50(37-32-44)62(51-38-33-45(34-39-51)46-35-40-58-54(41-46)53-25-10-13-28-57(53)63(58)49-22-8-3-9-23-49)52-24-16-21-48(42-52)61(47-19-6-2-7-20-47)55-26-11-14-29-59(55)64-60-30-15-12-27-56(60)61/h1-42H. The first kappa shape index (κ1) is 37.4. The van der Waals surface area contributed by atoms with E-state index >= 15 is 0 Å². The zero-order valence-corrected chi connectivity index (χ0v) is 35.1. The van der Waals surface area contributed by atoms with Crippen LogP contribution in [0.5, 0.6) is 11.5 Å². The van der Waals surface area contributed by atoms with Crippen LogP contribution < -0.4 is 9.64 Å². The summed E-state index contributed by atoms with van der Waals surface area (Å²) in [6, 6.07) is 91.8. The Morgan fingerprint density at radius 1 is 0.328 bits per heavy atom. The van der Waals surface area contributed by atoms with Crippen molar-refractivity contribution in [3.63, 3.8) is 0 Å². The predicted molar refractivity (Wildman–Crippen MR) is 265 cm³/mol. The van der Waals surface area contributed by atoms with Gasteiger partial charge < -0.3 is 14.2 Å². The van der Waals surface area contributed by atoms with E-state index in [1.54, 1.807) is 0 Å². The van der Waals surface area contributed by atoms with Crippen molar-refractivity contribution in [2.45, 2.75) is 5.41 Å². The summed E-state index contributed by atoms with van der Waals surface area (Å²) in [6.45, 7) is 0. The van der Waals surface area contributed by atoms with E-state index in [0.29, 0.717) is 0 Å². The molecule has 0 N–H and O–H groups in total. The fraction of sp³-hybridized carbons (Fsp3) is 0.0164. The summed E-state index contributed by atoms with van der Waals surface area (Å²) in [5.74, 6) is 1.73. The van der Waals surface area contributed by atoms with E-state index in [-0.39, 0.29) is 0 Å². The Labute approximate surface area is 373 Å². The molecule has 1 aliphatic rings. The van der Waals surface area contributed by atoms with E-state index in [0.717, 1.165) is 56.5 Å². The number of nitrogens with zero attached hydrogens (tertiary/aromatic N) is 2. The zero-order valence-electron chi connectivity index (χ0n) is 35.1. The summed E-state index contributed by atoms with van der Waals surface area (Å²) in [4.78, 5) is 2.38. The second-order valence-electron chi connectivity index (χ2n) is 16.5. The molecule has 0 aliphatic carbocycles. The molecule has 64 heavy (non-hydrogen) atoms. The van der Waals surface area contributed by atoms with Gasteiger partial charge in [-0.15, -0.1) is 0 Å². The van der Waals surface area contributed by atoms with Crippen LogP contribution in [-0.4, -0.2) is 4.57 Å². The quantitative estimate of drug-likeness (QED) is 0.152. The van der Waals surface area contributed by atoms with Crippen molar-refractivity contribution in [3.05, 3.63) is 277 Å². The van der Waals surface area contributed by atoms with E-state index in [2.05, 4.69) is 264 Å². The highest BCUT2D eigenvalue weighted by Crippen LogP contribution is 2.56. The first-order valence-electron chi connectivity index (χ1n) is 21.9. The molecule has 0 bridgehead atoms. The number of anilines is 3. The molecule has 0 fully saturated rings. The van der Waals surface area contributed by atoms with Crippen LogP contribution in [0, 0.1) is 0 Å². The molecule has 0 radical (unpaired) electrons. The van der Waals surface area contributed by atoms with Gasteiger partial charge in [0.25, 0.3) is 0 Å². The lowest BCUT2D eigenvalue weighted by Crippen LogP contribution is -2.34. The lowest BCUT2D eigenvalue weighted by atomic mass is 9.63. The third-order valence-corrected chi connectivity index (χ3v) is 12.9. The minimum absolute atomic E-state index is 0.641. The van der Waals surface area contributed by atoms with Crippen molar-refractivity contribution < 1.29 is 4.74 Å². The average Bonchev–Trinajstić information content (AvgIpc) is 3.71. The van der Waals surface area contributed by atoms with Gasteiger partial charge in [0.2, 0.25) is 0 Å². The fourth-order valence-electron chi connectivity index (χ4n) is 10.0. The molecule has 12 rings (SSSR count). The van der Waals surface area contributed by atoms with Gasteiger partial charge in [-0.05, 0) is 112 Å². The Hall–Kier alpha value is -8.40. The molecule has 3 nitrogen and oxygen atoms in total. The number of hydrogen-bond donors (Lipinski definition) is 0. The molecule has 10 aromatic carbocycles. The van der Waals surface area contributed by atoms with E-state index in [1.807, 2.05) is 0 Å². The van der Waals surface area contributed by atoms with E-state index in [9.17, 15) is 0 Å². The summed E-state index contributed by atoms with van der Waals surface area (Å²) in [5.41, 5.74) is 15.4. The number of ether oxygens (including phenoxy) is 1. The maximum Gasteiger partial charge on any atom is 0.132 e. The minimum atomic E-state index is -0.641. The second kappa shape index (κ2) is 15.5. The number of fused-ring (bicyclic) bond motifs is 5. The normalized spacial score (nSPS) is 12.6. The fourth-order valence-corrected chi connectivity index (χ4v) is 10.0. The number of aromatic nitrogens is 1. The van der Waals surface area contributed by atoms with Crippen molar-refractivity contribution in [2.24, 2.45) is 0 Å². The SMILES string of the molecule is c1ccc(-c2ccc(N(c3ccc(-c4ccc5c(c4)c4ccccc4n5-c4ccccc4)cc3)c3cccc(C4(c5ccccc5)c5ccccc5Oc5ccccc54)c3)cc2)cc1. The van der Waals surface area contributed by atoms with Gasteiger partial charge in [0.05, 0.1) is 16.4 Å². The molecule has 0 saturated carbocycles. The summed E-state index contributed by atoms with van der Waals surface area (Å²) >= 11 is 0. The molecule has 0 saturated heterocycles. The summed E-state index contributed by atoms with van der Waals surface area (Å²) < 4.78 is 9.01. The van der Waals surface area contributed by atoms with E-state index < -0.39 is 5.41 Å². The van der Waals surface area contributed by atoms with Crippen molar-refractivity contribution in [1.82, 2.24) is 4.57 Å². The van der Waals surface area contributed by atoms with Crippen molar-refractivity contribution in [3.8, 4) is 39.4 Å². The van der Waals surface area contributed by atoms with E-state index in [1.165, 1.54) is 44.1 Å². The molecule has 3 heteroatoms. The molecule has 0 atom stereocenters. The van der Waals surface area contributed by atoms with Crippen LogP contribution in [0.25, 0.3) is 49.7 Å². The maximum absolute atomic E-state index is 6.64. The Morgan fingerprint density at radius 3 is 1.50 bits per heavy atom. The zero-order chi connectivity index (χ0) is 42.5. The second-order valence-corrected chi connectivity index (χ2v) is 16.5. The molecule has 0 unspecified atom stereocenters. The highest BCUT2D eigenvalue weighted by molar-refractivity contribution is 6.10. The van der Waals surface area contributed by atoms with Gasteiger partial charge in [-0.2, -0.15) is 0 Å². The van der Waals surface area contributed by atoms with Crippen LogP contribution in [0.2, 0.25) is 0 Å². The van der Waals surface area contributed by atoms with Gasteiger partial charge in [-0.3, -0.25) is 0 Å². The first-order chi connectivity index (χ1) is 31.7. The largest absolute Gasteiger partial charge is 0.457 e. The summed E-state index contributed by atoms with van der Waals surface area (Å²) in [6.07, 6.45) is 0. The van der Waals surface area contributed by atoms with Gasteiger partial charge in [0.15, 0.2) is 0 Å². The monoisotopic (exact) mass is 818 g/mol. The van der Waals surface area contributed by atoms with Crippen LogP contribution in [0.4, 0.5) is 17.1 Å². The van der Waals surface area contributed by atoms with Crippen LogP contribution in [0.15, 0.2) is 255 Å². The third kappa shape index (κ3) is 6.13. The summed E-state index contributed by atoms with van der Waals surface area (Å²) in [5, 5.41) is 2.48. The Kier molecular flexibility index (Phi) is 9.05. The molecule has 1 aromatic heterocycles. The van der Waals surface area contributed by atoms with Gasteiger partial charge >= 0.3 is 0 Å². The molecular weight excluding hydrogens is 777 g/mol. The highest BCUT2D eigenvalue weighted by Gasteiger charge is 2.45. The lowest BCUT2D eigenvalue weighted by molar-refractivity contribution is 0.434. The predicted octanol–water partition coefficient (Wildman–Crippen LogP) is 16.1. The number of rotatable bonds is 8. The third-order valence-electron chi connectivity index (χ3n) is 12.9. The van der Waals surface area contributed by atoms with Crippen molar-refractivity contribution >= 4 is 38.9 Å². The maximum atomic E-state index is 6.64. The van der Waals surface area contributed by atoms with Crippen LogP contribution >= 0.6 is 0 Å². The molecule has 1 aliphatic heterocycles. The van der Waals surface area contributed by atoms with Crippen molar-refractivity contribution in [1.29, 1.82) is 0 Å². The van der Waals surface area contributed by atoms with Crippen LogP contribution in [-0.2, 0) is 5.41 Å². The van der Waals surface area contributed by atoms with Gasteiger partial charge in [0.1, 0.15) is 11.5 Å². The number of para-hydroxylation sites is 4. The number of hydrogen-bond acceptors (Lipinski definition) is 2. The molecule has 302 valence electrons. The Balaban J connectivity index is 1.01. The van der Waals surface area contributed by atoms with Crippen LogP contribution in [0.3, 0.4) is 0 Å². The van der Waals surface area contributed by atoms with Gasteiger partial charge in [-0.25, -0.2) is 0 Å². The smallest absolute Gasteiger partial charge is 0.132 e. The molecular formula is C61H42N2O. The minimum Gasteiger partial charge on any atom is -0.457 e. The van der Waals surface area contributed by atoms with Gasteiger partial charge in [0, 0.05) is 44.6 Å². The topological polar surface area (TPSA) is 17.4 Å². The molecule has 0 amide bonds. The van der Waals surface area contributed by atoms with Crippen LogP contribution in [0.1, 0.15) is 22.3 Å². The Bertz CT molecular complexity index is 3400. The summed E-state index contributed by atoms with van der Waals surface area (Å²) in [7, 11) is 0. The van der Waals surface area contributed by atoms with Crippen molar-refractivity contribution in [2.75, 3.05) is 4.90 Å². The van der Waals surface area contributed by atoms with Gasteiger partial charge in [-0.1, -0.05) is 176 Å². The molecule has 2 heterocycles. The average molecular weight is 819 g/mol. The highest BCUT2D eigenvalue weighted by atomic mass is 16.5. The molecule has 0 spiro atoms. The lowest BCUT2D eigenvalue weighted by Gasteiger charge is -2.42. The molecule has 11 aromatic rings. The Morgan fingerprint density at radius 2 is 0.828 bits per heavy atom.